The fourth-order valence-corrected chi connectivity index (χ4v) is 3.41. The first-order chi connectivity index (χ1) is 5.29. The molecule has 3 aliphatic rings. The van der Waals surface area contributed by atoms with E-state index in [9.17, 15) is 4.79 Å². The van der Waals surface area contributed by atoms with Crippen LogP contribution in [-0.4, -0.2) is 11.2 Å². The molecule has 0 aliphatic heterocycles. The molecule has 2 heteroatoms. The Morgan fingerprint density at radius 2 is 2.27 bits per heavy atom. The molecule has 5 atom stereocenters. The molecule has 1 nitrogen and oxygen atoms in total. The van der Waals surface area contributed by atoms with E-state index < -0.39 is 0 Å². The maximum absolute atomic E-state index is 11.5. The van der Waals surface area contributed by atoms with E-state index in [1.54, 1.807) is 0 Å². The van der Waals surface area contributed by atoms with Crippen LogP contribution in [0.5, 0.6) is 0 Å². The molecule has 0 aromatic heterocycles. The molecule has 0 aromatic carbocycles. The van der Waals surface area contributed by atoms with Gasteiger partial charge in [-0.1, -0.05) is 12.2 Å². The third-order valence-corrected chi connectivity index (χ3v) is 4.02. The van der Waals surface area contributed by atoms with E-state index in [1.165, 1.54) is 0 Å². The summed E-state index contributed by atoms with van der Waals surface area (Å²) in [6.45, 7) is 0. The second-order valence-corrected chi connectivity index (χ2v) is 4.34. The van der Waals surface area contributed by atoms with Gasteiger partial charge in [0.15, 0.2) is 0 Å². The minimum atomic E-state index is 0.113. The summed E-state index contributed by atoms with van der Waals surface area (Å²) in [5.74, 6) is 1.83. The number of halogens is 1. The lowest BCUT2D eigenvalue weighted by atomic mass is 9.87. The number of Topliss-reactive ketones (excluding diaryl/α,β-unsaturated/α-hetero) is 1. The molecule has 0 aromatic rings. The lowest BCUT2D eigenvalue weighted by Gasteiger charge is -2.20. The van der Waals surface area contributed by atoms with Crippen molar-refractivity contribution in [2.45, 2.75) is 11.8 Å². The number of hydrogen-bond donors (Lipinski definition) is 0. The molecule has 0 heterocycles. The van der Waals surface area contributed by atoms with Crippen LogP contribution in [0.2, 0.25) is 0 Å². The van der Waals surface area contributed by atoms with Crippen molar-refractivity contribution < 1.29 is 4.79 Å². The van der Waals surface area contributed by atoms with Crippen LogP contribution in [0.25, 0.3) is 0 Å². The zero-order valence-electron chi connectivity index (χ0n) is 6.03. The number of carbonyl (C=O) groups excluding carboxylic acids is 1. The Bertz CT molecular complexity index is 258. The van der Waals surface area contributed by atoms with Crippen molar-refractivity contribution >= 4 is 17.4 Å². The Morgan fingerprint density at radius 3 is 2.91 bits per heavy atom. The molecule has 2 bridgehead atoms. The van der Waals surface area contributed by atoms with Gasteiger partial charge in [-0.2, -0.15) is 0 Å². The van der Waals surface area contributed by atoms with E-state index in [2.05, 4.69) is 12.2 Å². The fraction of sp³-hybridized carbons (Fsp3) is 0.667. The Hall–Kier alpha value is -0.300. The molecule has 0 amide bonds. The molecule has 0 spiro atoms. The summed E-state index contributed by atoms with van der Waals surface area (Å²) >= 11 is 6.12. The van der Waals surface area contributed by atoms with Gasteiger partial charge in [-0.25, -0.2) is 0 Å². The molecule has 3 rings (SSSR count). The number of fused-ring (bicyclic) bond motifs is 1. The number of rotatable bonds is 0. The molecule has 0 N–H and O–H groups in total. The minimum Gasteiger partial charge on any atom is -0.299 e. The Morgan fingerprint density at radius 1 is 1.45 bits per heavy atom. The van der Waals surface area contributed by atoms with Gasteiger partial charge in [0.05, 0.1) is 5.38 Å². The quantitative estimate of drug-likeness (QED) is 0.397. The van der Waals surface area contributed by atoms with Crippen molar-refractivity contribution in [2.75, 3.05) is 0 Å². The third kappa shape index (κ3) is 0.538. The molecule has 2 fully saturated rings. The largest absolute Gasteiger partial charge is 0.299 e. The van der Waals surface area contributed by atoms with Gasteiger partial charge >= 0.3 is 0 Å². The fourth-order valence-electron chi connectivity index (χ4n) is 2.94. The van der Waals surface area contributed by atoms with Gasteiger partial charge in [-0.3, -0.25) is 4.79 Å². The molecular formula is C9H9ClO. The van der Waals surface area contributed by atoms with Gasteiger partial charge in [0.25, 0.3) is 0 Å². The van der Waals surface area contributed by atoms with Crippen molar-refractivity contribution in [3.63, 3.8) is 0 Å². The lowest BCUT2D eigenvalue weighted by Crippen LogP contribution is -2.21. The minimum absolute atomic E-state index is 0.113. The number of carbonyl (C=O) groups is 1. The average molecular weight is 169 g/mol. The van der Waals surface area contributed by atoms with Gasteiger partial charge in [0.2, 0.25) is 0 Å². The van der Waals surface area contributed by atoms with Crippen molar-refractivity contribution in [3.8, 4) is 0 Å². The van der Waals surface area contributed by atoms with Gasteiger partial charge in [-0.15, -0.1) is 11.6 Å². The van der Waals surface area contributed by atoms with Gasteiger partial charge in [0, 0.05) is 17.8 Å². The molecule has 2 saturated carbocycles. The summed E-state index contributed by atoms with van der Waals surface area (Å²) in [6.07, 6.45) is 5.36. The number of alkyl halides is 1. The highest BCUT2D eigenvalue weighted by atomic mass is 35.5. The van der Waals surface area contributed by atoms with Crippen LogP contribution >= 0.6 is 11.6 Å². The summed E-state index contributed by atoms with van der Waals surface area (Å²) in [4.78, 5) is 11.5. The molecule has 0 saturated heterocycles. The maximum Gasteiger partial charge on any atom is 0.141 e. The summed E-state index contributed by atoms with van der Waals surface area (Å²) < 4.78 is 0. The van der Waals surface area contributed by atoms with E-state index >= 15 is 0 Å². The second kappa shape index (κ2) is 1.71. The highest BCUT2D eigenvalue weighted by Gasteiger charge is 2.58. The highest BCUT2D eigenvalue weighted by Crippen LogP contribution is 2.55. The van der Waals surface area contributed by atoms with Crippen molar-refractivity contribution in [3.05, 3.63) is 12.2 Å². The standard InChI is InChI=1S/C9H9ClO/c10-8-5-2-1-4-3-6(8)9(11)7(4)5/h1-2,4-8H,3H2/t4-,5-,6-,7+,8+/m1/s1. The Labute approximate surface area is 70.4 Å². The monoisotopic (exact) mass is 168 g/mol. The summed E-state index contributed by atoms with van der Waals surface area (Å²) in [7, 11) is 0. The maximum atomic E-state index is 11.5. The second-order valence-electron chi connectivity index (χ2n) is 3.84. The van der Waals surface area contributed by atoms with Crippen LogP contribution in [-0.2, 0) is 4.79 Å². The van der Waals surface area contributed by atoms with E-state index in [1.807, 2.05) is 0 Å². The Balaban J connectivity index is 2.13. The third-order valence-electron chi connectivity index (χ3n) is 3.43. The van der Waals surface area contributed by atoms with E-state index in [4.69, 9.17) is 11.6 Å². The molecule has 11 heavy (non-hydrogen) atoms. The predicted molar refractivity (Wildman–Crippen MR) is 42.4 cm³/mol. The van der Waals surface area contributed by atoms with Crippen LogP contribution in [0.4, 0.5) is 0 Å². The first-order valence-corrected chi connectivity index (χ1v) is 4.59. The Kier molecular flexibility index (Phi) is 0.972. The van der Waals surface area contributed by atoms with Gasteiger partial charge < -0.3 is 0 Å². The smallest absolute Gasteiger partial charge is 0.141 e. The van der Waals surface area contributed by atoms with Gasteiger partial charge in [0.1, 0.15) is 5.78 Å². The zero-order chi connectivity index (χ0) is 7.59. The predicted octanol–water partition coefficient (Wildman–Crippen LogP) is 1.61. The summed E-state index contributed by atoms with van der Waals surface area (Å²) in [5.41, 5.74) is 0. The van der Waals surface area contributed by atoms with Crippen LogP contribution in [0.3, 0.4) is 0 Å². The number of hydrogen-bond acceptors (Lipinski definition) is 1. The van der Waals surface area contributed by atoms with Crippen molar-refractivity contribution in [1.82, 2.24) is 0 Å². The van der Waals surface area contributed by atoms with Crippen LogP contribution in [0.15, 0.2) is 12.2 Å². The van der Waals surface area contributed by atoms with Crippen LogP contribution in [0.1, 0.15) is 6.42 Å². The SMILES string of the molecule is O=C1[C@@H]2[C@H]3C=C[C@@H]2C[C@@H]1[C@H]3Cl. The van der Waals surface area contributed by atoms with Crippen LogP contribution in [0, 0.1) is 23.7 Å². The summed E-state index contributed by atoms with van der Waals surface area (Å²) in [5, 5.41) is 0.113. The normalized spacial score (nSPS) is 57.9. The van der Waals surface area contributed by atoms with Gasteiger partial charge in [-0.05, 0) is 12.3 Å². The molecular weight excluding hydrogens is 160 g/mol. The van der Waals surface area contributed by atoms with Crippen LogP contribution < -0.4 is 0 Å². The highest BCUT2D eigenvalue weighted by molar-refractivity contribution is 6.24. The topological polar surface area (TPSA) is 17.1 Å². The van der Waals surface area contributed by atoms with Crippen molar-refractivity contribution in [2.24, 2.45) is 23.7 Å². The first-order valence-electron chi connectivity index (χ1n) is 4.15. The average Bonchev–Trinajstić information content (AvgIpc) is 2.52. The zero-order valence-corrected chi connectivity index (χ0v) is 6.79. The number of ketones is 1. The van der Waals surface area contributed by atoms with E-state index in [0.29, 0.717) is 17.6 Å². The first kappa shape index (κ1) is 6.24. The van der Waals surface area contributed by atoms with E-state index in [-0.39, 0.29) is 17.2 Å². The molecule has 0 radical (unpaired) electrons. The van der Waals surface area contributed by atoms with E-state index in [0.717, 1.165) is 6.42 Å². The molecule has 0 unspecified atom stereocenters. The molecule has 3 aliphatic carbocycles. The van der Waals surface area contributed by atoms with Crippen molar-refractivity contribution in [1.29, 1.82) is 0 Å². The summed E-state index contributed by atoms with van der Waals surface area (Å²) in [6, 6.07) is 0. The number of allylic oxidation sites excluding steroid dienone is 2. The molecule has 58 valence electrons. The lowest BCUT2D eigenvalue weighted by molar-refractivity contribution is -0.121.